The highest BCUT2D eigenvalue weighted by Crippen LogP contribution is 2.32. The van der Waals surface area contributed by atoms with Gasteiger partial charge in [-0.05, 0) is 83.9 Å². The molecule has 4 aromatic carbocycles. The van der Waals surface area contributed by atoms with Gasteiger partial charge in [-0.3, -0.25) is 4.55 Å². The molecule has 0 saturated carbocycles. The third-order valence-corrected chi connectivity index (χ3v) is 6.70. The maximum atomic E-state index is 12.1. The number of phenols is 2. The van der Waals surface area contributed by atoms with Gasteiger partial charge in [0.25, 0.3) is 10.1 Å². The molecule has 0 atom stereocenters. The smallest absolute Gasteiger partial charge is 0.295 e. The van der Waals surface area contributed by atoms with Crippen LogP contribution in [-0.2, 0) is 19.5 Å². The van der Waals surface area contributed by atoms with Gasteiger partial charge in [-0.2, -0.15) is 28.9 Å². The summed E-state index contributed by atoms with van der Waals surface area (Å²) in [7, 11) is -4.63. The first-order chi connectivity index (χ1) is 19.2. The maximum absolute atomic E-state index is 12.1. The Bertz CT molecular complexity index is 1670. The van der Waals surface area contributed by atoms with Gasteiger partial charge in [0, 0.05) is 4.90 Å². The lowest BCUT2D eigenvalue weighted by Gasteiger charge is -2.06. The van der Waals surface area contributed by atoms with Crippen molar-refractivity contribution >= 4 is 57.1 Å². The first kappa shape index (κ1) is 28.6. The van der Waals surface area contributed by atoms with Crippen molar-refractivity contribution in [2.24, 2.45) is 20.5 Å². The molecule has 0 aliphatic rings. The van der Waals surface area contributed by atoms with E-state index in [1.165, 1.54) is 60.7 Å². The Morgan fingerprint density at radius 3 is 1.62 bits per heavy atom. The minimum Gasteiger partial charge on any atom is -0.508 e. The molecule has 0 aromatic heterocycles. The van der Waals surface area contributed by atoms with Crippen LogP contribution in [0.3, 0.4) is 0 Å². The lowest BCUT2D eigenvalue weighted by atomic mass is 10.1. The molecule has 0 heterocycles. The third-order valence-electron chi connectivity index (χ3n) is 5.13. The third kappa shape index (κ3) is 8.03. The molecule has 0 unspecified atom stereocenters. The molecule has 0 aliphatic heterocycles. The molecule has 0 saturated heterocycles. The predicted octanol–water partition coefficient (Wildman–Crippen LogP) is 7.77. The van der Waals surface area contributed by atoms with Crippen molar-refractivity contribution in [1.82, 2.24) is 0 Å². The molecule has 0 bridgehead atoms. The molecule has 0 amide bonds. The van der Waals surface area contributed by atoms with Gasteiger partial charge in [0.05, 0.1) is 34.8 Å². The van der Waals surface area contributed by atoms with E-state index < -0.39 is 15.0 Å². The average Bonchev–Trinajstić information content (AvgIpc) is 2.94. The Labute approximate surface area is 232 Å². The minimum absolute atomic E-state index is 0.0638. The summed E-state index contributed by atoms with van der Waals surface area (Å²) in [6, 6.07) is 21.1. The first-order valence-electron chi connectivity index (χ1n) is 11.2. The van der Waals surface area contributed by atoms with E-state index in [1.807, 2.05) is 0 Å². The van der Waals surface area contributed by atoms with Gasteiger partial charge in [0.2, 0.25) is 0 Å². The molecule has 4 aromatic rings. The molecule has 12 nitrogen and oxygen atoms in total. The highest BCUT2D eigenvalue weighted by Gasteiger charge is 2.15. The summed E-state index contributed by atoms with van der Waals surface area (Å²) in [5.41, 5.74) is 2.23. The normalized spacial score (nSPS) is 12.2. The zero-order valence-electron chi connectivity index (χ0n) is 20.3. The fourth-order valence-corrected chi connectivity index (χ4v) is 4.45. The Morgan fingerprint density at radius 2 is 1.10 bits per heavy atom. The fraction of sp³-hybridized carbons (Fsp3) is 0. The van der Waals surface area contributed by atoms with Crippen LogP contribution in [0, 0.1) is 0 Å². The van der Waals surface area contributed by atoms with Crippen LogP contribution < -0.4 is 0 Å². The second kappa shape index (κ2) is 13.1. The van der Waals surface area contributed by atoms with Crippen molar-refractivity contribution in [3.63, 3.8) is 0 Å². The van der Waals surface area contributed by atoms with Crippen LogP contribution in [0.1, 0.15) is 11.1 Å². The summed E-state index contributed by atoms with van der Waals surface area (Å²) in [6.45, 7) is 0. The molecule has 204 valence electrons. The standard InChI is InChI=1S/C26H20N4O8S2/c31-23-11-7-19(8-12-23)27-29-21-5-3-17(25(15-21)39-38-37-33)1-2-18-4-6-22(16-26(18)40(34,35)36)30-28-20-9-13-24(32)14-10-20/h1-16,31-33H,(H,34,35,36). The van der Waals surface area contributed by atoms with Crippen LogP contribution in [0.25, 0.3) is 12.2 Å². The summed E-state index contributed by atoms with van der Waals surface area (Å²) in [5.74, 6) is 0.161. The molecule has 40 heavy (non-hydrogen) atoms. The molecule has 0 fully saturated rings. The van der Waals surface area contributed by atoms with Gasteiger partial charge in [-0.25, -0.2) is 5.26 Å². The van der Waals surface area contributed by atoms with E-state index in [2.05, 4.69) is 29.8 Å². The van der Waals surface area contributed by atoms with E-state index in [0.29, 0.717) is 39.6 Å². The van der Waals surface area contributed by atoms with Gasteiger partial charge in [0.1, 0.15) is 16.4 Å². The van der Waals surface area contributed by atoms with Crippen LogP contribution in [0.5, 0.6) is 11.5 Å². The Morgan fingerprint density at radius 1 is 0.650 bits per heavy atom. The second-order valence-electron chi connectivity index (χ2n) is 7.91. The van der Waals surface area contributed by atoms with E-state index in [-0.39, 0.29) is 22.7 Å². The highest BCUT2D eigenvalue weighted by molar-refractivity contribution is 7.94. The molecule has 4 N–H and O–H groups in total. The zero-order chi connectivity index (χ0) is 28.5. The van der Waals surface area contributed by atoms with E-state index in [9.17, 15) is 23.2 Å². The number of azo groups is 2. The summed E-state index contributed by atoms with van der Waals surface area (Å²) >= 11 is 0.669. The molecule has 4 rings (SSSR count). The fourth-order valence-electron chi connectivity index (χ4n) is 3.24. The largest absolute Gasteiger partial charge is 0.508 e. The average molecular weight is 581 g/mol. The number of aromatic hydroxyl groups is 2. The first-order valence-corrected chi connectivity index (χ1v) is 13.4. The van der Waals surface area contributed by atoms with Crippen LogP contribution in [0.15, 0.2) is 115 Å². The van der Waals surface area contributed by atoms with Crippen molar-refractivity contribution in [1.29, 1.82) is 0 Å². The molecule has 0 aliphatic carbocycles. The van der Waals surface area contributed by atoms with E-state index in [0.717, 1.165) is 0 Å². The molecular formula is C26H20N4O8S2. The van der Waals surface area contributed by atoms with Crippen molar-refractivity contribution in [3.8, 4) is 11.5 Å². The quantitative estimate of drug-likeness (QED) is 0.0363. The van der Waals surface area contributed by atoms with Gasteiger partial charge in [0.15, 0.2) is 0 Å². The van der Waals surface area contributed by atoms with Crippen LogP contribution in [-0.4, -0.2) is 28.4 Å². The maximum Gasteiger partial charge on any atom is 0.295 e. The van der Waals surface area contributed by atoms with Gasteiger partial charge in [-0.15, -0.1) is 4.33 Å². The molecule has 14 heteroatoms. The minimum atomic E-state index is -4.63. The van der Waals surface area contributed by atoms with E-state index >= 15 is 0 Å². The van der Waals surface area contributed by atoms with Crippen molar-refractivity contribution in [3.05, 3.63) is 96.1 Å². The predicted molar refractivity (Wildman–Crippen MR) is 147 cm³/mol. The van der Waals surface area contributed by atoms with Crippen molar-refractivity contribution < 1.29 is 37.8 Å². The Kier molecular flexibility index (Phi) is 9.34. The molecule has 0 radical (unpaired) electrons. The number of rotatable bonds is 10. The van der Waals surface area contributed by atoms with Crippen LogP contribution in [0.4, 0.5) is 22.7 Å². The van der Waals surface area contributed by atoms with Crippen LogP contribution >= 0.6 is 12.0 Å². The van der Waals surface area contributed by atoms with Gasteiger partial charge in [-0.1, -0.05) is 29.3 Å². The topological polar surface area (TPSA) is 183 Å². The summed E-state index contributed by atoms with van der Waals surface area (Å²) in [5, 5.41) is 47.3. The van der Waals surface area contributed by atoms with Gasteiger partial charge < -0.3 is 10.2 Å². The summed E-state index contributed by atoms with van der Waals surface area (Å²) in [6.07, 6.45) is 3.02. The highest BCUT2D eigenvalue weighted by atomic mass is 32.2. The zero-order valence-corrected chi connectivity index (χ0v) is 21.9. The summed E-state index contributed by atoms with van der Waals surface area (Å²) < 4.78 is 38.6. The number of nitrogens with zero attached hydrogens (tertiary/aromatic N) is 4. The van der Waals surface area contributed by atoms with E-state index in [1.54, 1.807) is 36.4 Å². The van der Waals surface area contributed by atoms with Gasteiger partial charge >= 0.3 is 0 Å². The van der Waals surface area contributed by atoms with E-state index in [4.69, 9.17) is 5.26 Å². The second-order valence-corrected chi connectivity index (χ2v) is 10.0. The lowest BCUT2D eigenvalue weighted by molar-refractivity contribution is -0.432. The number of hydrogen-bond donors (Lipinski definition) is 4. The number of phenolic OH excluding ortho intramolecular Hbond substituents is 2. The number of hydrogen-bond acceptors (Lipinski definition) is 12. The number of benzene rings is 4. The SMILES string of the molecule is O=S(=O)(O)c1cc(N=Nc2ccc(O)cc2)ccc1C=Cc1ccc(N=Nc2ccc(O)cc2)cc1SOOO. The van der Waals surface area contributed by atoms with Crippen LogP contribution in [0.2, 0.25) is 0 Å². The van der Waals surface area contributed by atoms with Crippen molar-refractivity contribution in [2.45, 2.75) is 9.79 Å². The van der Waals surface area contributed by atoms with Crippen molar-refractivity contribution in [2.75, 3.05) is 0 Å². The molecule has 0 spiro atoms. The Balaban J connectivity index is 1.61. The monoisotopic (exact) mass is 580 g/mol. The Hall–Kier alpha value is -4.44. The summed E-state index contributed by atoms with van der Waals surface area (Å²) in [4.78, 5) is 0.0366. The molecular weight excluding hydrogens is 560 g/mol. The lowest BCUT2D eigenvalue weighted by Crippen LogP contribution is -2.00.